The van der Waals surface area contributed by atoms with Crippen LogP contribution in [-0.4, -0.2) is 57.2 Å². The number of hydrogen-bond donors (Lipinski definition) is 2. The number of aromatic nitrogens is 2. The molecule has 0 aliphatic carbocycles. The molecule has 1 heterocycles. The molecule has 7 heteroatoms. The number of aromatic amines is 1. The Morgan fingerprint density at radius 2 is 2.33 bits per heavy atom. The Bertz CT molecular complexity index is 449. The second-order valence-electron chi connectivity index (χ2n) is 3.70. The van der Waals surface area contributed by atoms with Gasteiger partial charge in [0.05, 0.1) is 19.3 Å². The number of rotatable bonds is 5. The van der Waals surface area contributed by atoms with Gasteiger partial charge in [0, 0.05) is 18.8 Å². The summed E-state index contributed by atoms with van der Waals surface area (Å²) in [5.74, 6) is 1.16. The van der Waals surface area contributed by atoms with Crippen LogP contribution in [0.3, 0.4) is 0 Å². The second-order valence-corrected chi connectivity index (χ2v) is 3.70. The molecule has 0 aliphatic rings. The Hall–Kier alpha value is -2.49. The van der Waals surface area contributed by atoms with Crippen LogP contribution in [0.4, 0.5) is 4.79 Å². The quantitative estimate of drug-likeness (QED) is 0.719. The average Bonchev–Trinajstić information content (AvgIpc) is 2.79. The molecule has 2 amide bonds. The van der Waals surface area contributed by atoms with Crippen LogP contribution >= 0.6 is 0 Å². The van der Waals surface area contributed by atoms with Gasteiger partial charge in [0.25, 0.3) is 0 Å². The minimum Gasteiger partial charge on any atom is -0.480 e. The van der Waals surface area contributed by atoms with Gasteiger partial charge in [0.15, 0.2) is 0 Å². The number of terminal acetylenes is 1. The summed E-state index contributed by atoms with van der Waals surface area (Å²) in [6.07, 6.45) is 8.36. The highest BCUT2D eigenvalue weighted by atomic mass is 16.4. The third kappa shape index (κ3) is 3.83. The molecule has 0 saturated heterocycles. The van der Waals surface area contributed by atoms with Gasteiger partial charge in [-0.25, -0.2) is 4.79 Å². The number of aliphatic carboxylic acids is 1. The number of nitrogens with zero attached hydrogens (tertiary/aromatic N) is 3. The standard InChI is InChI=1S/C11H14N4O3/c1-3-4-15(8-10(16)17)11(18)14(2)7-9-5-12-13-6-9/h1,5-6H,4,7-8H2,2H3,(H,12,13)(H,16,17). The largest absolute Gasteiger partial charge is 0.480 e. The molecule has 96 valence electrons. The molecule has 7 nitrogen and oxygen atoms in total. The van der Waals surface area contributed by atoms with Crippen LogP contribution in [0.1, 0.15) is 5.56 Å². The van der Waals surface area contributed by atoms with E-state index in [4.69, 9.17) is 11.5 Å². The summed E-state index contributed by atoms with van der Waals surface area (Å²) in [4.78, 5) is 25.1. The fourth-order valence-electron chi connectivity index (χ4n) is 1.41. The second kappa shape index (κ2) is 6.30. The van der Waals surface area contributed by atoms with E-state index in [0.717, 1.165) is 10.5 Å². The lowest BCUT2D eigenvalue weighted by Gasteiger charge is -2.25. The van der Waals surface area contributed by atoms with Gasteiger partial charge in [0.2, 0.25) is 0 Å². The van der Waals surface area contributed by atoms with E-state index in [-0.39, 0.29) is 6.54 Å². The normalized spacial score (nSPS) is 9.56. The summed E-state index contributed by atoms with van der Waals surface area (Å²) in [6, 6.07) is -0.434. The predicted molar refractivity (Wildman–Crippen MR) is 63.5 cm³/mol. The third-order valence-corrected chi connectivity index (χ3v) is 2.18. The van der Waals surface area contributed by atoms with Gasteiger partial charge in [-0.15, -0.1) is 6.42 Å². The summed E-state index contributed by atoms with van der Waals surface area (Å²) < 4.78 is 0. The molecule has 0 unspecified atom stereocenters. The molecule has 0 spiro atoms. The molecule has 0 aromatic carbocycles. The third-order valence-electron chi connectivity index (χ3n) is 2.18. The first-order valence-corrected chi connectivity index (χ1v) is 5.17. The Morgan fingerprint density at radius 1 is 1.61 bits per heavy atom. The SMILES string of the molecule is C#CCN(CC(=O)O)C(=O)N(C)Cc1cn[nH]c1. The Balaban J connectivity index is 2.64. The van der Waals surface area contributed by atoms with Crippen LogP contribution in [0.25, 0.3) is 0 Å². The molecule has 0 saturated carbocycles. The molecule has 0 fully saturated rings. The van der Waals surface area contributed by atoms with E-state index in [1.165, 1.54) is 4.90 Å². The molecule has 0 aliphatic heterocycles. The van der Waals surface area contributed by atoms with Crippen molar-refractivity contribution < 1.29 is 14.7 Å². The smallest absolute Gasteiger partial charge is 0.323 e. The molecule has 0 atom stereocenters. The highest BCUT2D eigenvalue weighted by Gasteiger charge is 2.19. The Labute approximate surface area is 104 Å². The van der Waals surface area contributed by atoms with E-state index >= 15 is 0 Å². The van der Waals surface area contributed by atoms with E-state index in [1.54, 1.807) is 19.4 Å². The van der Waals surface area contributed by atoms with Crippen molar-refractivity contribution in [1.29, 1.82) is 0 Å². The van der Waals surface area contributed by atoms with Gasteiger partial charge < -0.3 is 14.9 Å². The molecule has 1 aromatic rings. The number of amides is 2. The zero-order chi connectivity index (χ0) is 13.5. The molecule has 1 aromatic heterocycles. The van der Waals surface area contributed by atoms with E-state index in [9.17, 15) is 9.59 Å². The van der Waals surface area contributed by atoms with Gasteiger partial charge in [-0.2, -0.15) is 5.10 Å². The van der Waals surface area contributed by atoms with Crippen LogP contribution in [0.15, 0.2) is 12.4 Å². The Kier molecular flexibility index (Phi) is 4.75. The topological polar surface area (TPSA) is 89.5 Å². The van der Waals surface area contributed by atoms with Crippen LogP contribution in [0.2, 0.25) is 0 Å². The van der Waals surface area contributed by atoms with Crippen molar-refractivity contribution in [3.05, 3.63) is 18.0 Å². The van der Waals surface area contributed by atoms with Crippen molar-refractivity contribution in [1.82, 2.24) is 20.0 Å². The van der Waals surface area contributed by atoms with Crippen molar-refractivity contribution >= 4 is 12.0 Å². The Morgan fingerprint density at radius 3 is 2.83 bits per heavy atom. The fraction of sp³-hybridized carbons (Fsp3) is 0.364. The molecule has 2 N–H and O–H groups in total. The lowest BCUT2D eigenvalue weighted by atomic mass is 10.3. The number of urea groups is 1. The van der Waals surface area contributed by atoms with Crippen molar-refractivity contribution in [2.24, 2.45) is 0 Å². The maximum atomic E-state index is 12.0. The number of carboxylic acids is 1. The van der Waals surface area contributed by atoms with Gasteiger partial charge in [-0.05, 0) is 0 Å². The zero-order valence-corrected chi connectivity index (χ0v) is 9.96. The van der Waals surface area contributed by atoms with Gasteiger partial charge in [-0.1, -0.05) is 5.92 Å². The summed E-state index contributed by atoms with van der Waals surface area (Å²) in [5.41, 5.74) is 0.821. The van der Waals surface area contributed by atoms with E-state index in [2.05, 4.69) is 16.1 Å². The maximum absolute atomic E-state index is 12.0. The highest BCUT2D eigenvalue weighted by Crippen LogP contribution is 2.03. The van der Waals surface area contributed by atoms with Gasteiger partial charge >= 0.3 is 12.0 Å². The number of carbonyl (C=O) groups is 2. The molecular formula is C11H14N4O3. The van der Waals surface area contributed by atoms with Crippen molar-refractivity contribution in [3.8, 4) is 12.3 Å². The van der Waals surface area contributed by atoms with Crippen LogP contribution < -0.4 is 0 Å². The first kappa shape index (κ1) is 13.6. The summed E-state index contributed by atoms with van der Waals surface area (Å²) in [7, 11) is 1.57. The molecule has 18 heavy (non-hydrogen) atoms. The molecular weight excluding hydrogens is 236 g/mol. The van der Waals surface area contributed by atoms with E-state index in [1.807, 2.05) is 0 Å². The minimum absolute atomic E-state index is 0.0408. The van der Waals surface area contributed by atoms with E-state index in [0.29, 0.717) is 6.54 Å². The van der Waals surface area contributed by atoms with Crippen molar-refractivity contribution in [2.45, 2.75) is 6.54 Å². The number of carboxylic acid groups (broad SMARTS) is 1. The number of carbonyl (C=O) groups excluding carboxylic acids is 1. The van der Waals surface area contributed by atoms with Gasteiger partial charge in [-0.3, -0.25) is 9.89 Å². The average molecular weight is 250 g/mol. The van der Waals surface area contributed by atoms with Crippen LogP contribution in [-0.2, 0) is 11.3 Å². The van der Waals surface area contributed by atoms with Crippen LogP contribution in [0, 0.1) is 12.3 Å². The fourth-order valence-corrected chi connectivity index (χ4v) is 1.41. The summed E-state index contributed by atoms with van der Waals surface area (Å²) in [5, 5.41) is 15.1. The van der Waals surface area contributed by atoms with Crippen molar-refractivity contribution in [2.75, 3.05) is 20.1 Å². The minimum atomic E-state index is -1.10. The van der Waals surface area contributed by atoms with Crippen molar-refractivity contribution in [3.63, 3.8) is 0 Å². The first-order chi connectivity index (χ1) is 8.54. The monoisotopic (exact) mass is 250 g/mol. The molecule has 0 radical (unpaired) electrons. The first-order valence-electron chi connectivity index (χ1n) is 5.17. The highest BCUT2D eigenvalue weighted by molar-refractivity contribution is 5.80. The predicted octanol–water partition coefficient (Wildman–Crippen LogP) is -0.0187. The van der Waals surface area contributed by atoms with E-state index < -0.39 is 18.5 Å². The molecule has 0 bridgehead atoms. The number of H-pyrrole nitrogens is 1. The lowest BCUT2D eigenvalue weighted by molar-refractivity contribution is -0.137. The number of nitrogens with one attached hydrogen (secondary N) is 1. The summed E-state index contributed by atoms with van der Waals surface area (Å²) >= 11 is 0. The summed E-state index contributed by atoms with van der Waals surface area (Å²) in [6.45, 7) is -0.129. The zero-order valence-electron chi connectivity index (χ0n) is 9.96. The lowest BCUT2D eigenvalue weighted by Crippen LogP contribution is -2.43. The maximum Gasteiger partial charge on any atom is 0.323 e. The van der Waals surface area contributed by atoms with Gasteiger partial charge in [0.1, 0.15) is 6.54 Å². The van der Waals surface area contributed by atoms with Crippen LogP contribution in [0.5, 0.6) is 0 Å². The molecule has 1 rings (SSSR count). The number of hydrogen-bond acceptors (Lipinski definition) is 3.